The van der Waals surface area contributed by atoms with Crippen molar-refractivity contribution in [1.29, 1.82) is 0 Å². The van der Waals surface area contributed by atoms with Gasteiger partial charge in [0.25, 0.3) is 0 Å². The zero-order valence-electron chi connectivity index (χ0n) is 11.4. The Morgan fingerprint density at radius 3 is 2.35 bits per heavy atom. The molecule has 1 fully saturated rings. The lowest BCUT2D eigenvalue weighted by atomic mass is 9.99. The van der Waals surface area contributed by atoms with Gasteiger partial charge in [0.05, 0.1) is 6.61 Å². The van der Waals surface area contributed by atoms with Crippen LogP contribution in [0.15, 0.2) is 18.2 Å². The smallest absolute Gasteiger partial charge is 0.229 e. The highest BCUT2D eigenvalue weighted by Gasteiger charge is 2.44. The van der Waals surface area contributed by atoms with Gasteiger partial charge >= 0.3 is 0 Å². The van der Waals surface area contributed by atoms with E-state index in [9.17, 15) is 15.3 Å². The number of benzene rings is 1. The Labute approximate surface area is 117 Å². The van der Waals surface area contributed by atoms with Gasteiger partial charge in [0.2, 0.25) is 6.29 Å². The summed E-state index contributed by atoms with van der Waals surface area (Å²) in [5.41, 5.74) is 2.12. The summed E-state index contributed by atoms with van der Waals surface area (Å²) < 4.78 is 10.8. The summed E-state index contributed by atoms with van der Waals surface area (Å²) in [7, 11) is 0. The topological polar surface area (TPSA) is 99.4 Å². The largest absolute Gasteiger partial charge is 0.462 e. The van der Waals surface area contributed by atoms with Crippen molar-refractivity contribution >= 4 is 0 Å². The number of hydrogen-bond acceptors (Lipinski definition) is 6. The molecule has 0 radical (unpaired) electrons. The fourth-order valence-electron chi connectivity index (χ4n) is 2.09. The lowest BCUT2D eigenvalue weighted by Crippen LogP contribution is -2.60. The molecule has 5 atom stereocenters. The van der Waals surface area contributed by atoms with E-state index in [0.717, 1.165) is 11.1 Å². The van der Waals surface area contributed by atoms with E-state index < -0.39 is 37.3 Å². The van der Waals surface area contributed by atoms with E-state index in [-0.39, 0.29) is 0 Å². The molecule has 20 heavy (non-hydrogen) atoms. The summed E-state index contributed by atoms with van der Waals surface area (Å²) in [6, 6.07) is 5.38. The molecule has 1 aliphatic rings. The normalized spacial score (nSPS) is 34.0. The van der Waals surface area contributed by atoms with Crippen molar-refractivity contribution in [3.63, 3.8) is 0 Å². The summed E-state index contributed by atoms with van der Waals surface area (Å²) in [6.45, 7) is 3.42. The van der Waals surface area contributed by atoms with Crippen molar-refractivity contribution in [2.45, 2.75) is 44.6 Å². The fourth-order valence-corrected chi connectivity index (χ4v) is 2.09. The minimum absolute atomic E-state index is 0.474. The molecular weight excluding hydrogens is 264 g/mol. The maximum Gasteiger partial charge on any atom is 0.229 e. The van der Waals surface area contributed by atoms with E-state index in [4.69, 9.17) is 14.6 Å². The van der Waals surface area contributed by atoms with Gasteiger partial charge in [0.15, 0.2) is 0 Å². The van der Waals surface area contributed by atoms with Gasteiger partial charge in [0, 0.05) is 0 Å². The van der Waals surface area contributed by atoms with E-state index in [2.05, 4.69) is 0 Å². The van der Waals surface area contributed by atoms with Crippen LogP contribution in [0.4, 0.5) is 0 Å². The lowest BCUT2D eigenvalue weighted by Gasteiger charge is -2.39. The molecule has 1 aliphatic heterocycles. The summed E-state index contributed by atoms with van der Waals surface area (Å²) in [4.78, 5) is 0. The molecule has 1 aromatic rings. The molecule has 0 spiro atoms. The highest BCUT2D eigenvalue weighted by molar-refractivity contribution is 5.33. The molecule has 0 aromatic heterocycles. The summed E-state index contributed by atoms with van der Waals surface area (Å²) in [5.74, 6) is 0.484. The lowest BCUT2D eigenvalue weighted by molar-refractivity contribution is -0.277. The number of aryl methyl sites for hydroxylation is 2. The second-order valence-electron chi connectivity index (χ2n) is 5.06. The molecular formula is C14H20O6. The van der Waals surface area contributed by atoms with Gasteiger partial charge < -0.3 is 29.9 Å². The van der Waals surface area contributed by atoms with Crippen LogP contribution in [0.1, 0.15) is 11.1 Å². The minimum atomic E-state index is -1.43. The van der Waals surface area contributed by atoms with Crippen molar-refractivity contribution in [1.82, 2.24) is 0 Å². The molecule has 0 amide bonds. The highest BCUT2D eigenvalue weighted by Crippen LogP contribution is 2.25. The number of rotatable bonds is 3. The Morgan fingerprint density at radius 1 is 1.05 bits per heavy atom. The van der Waals surface area contributed by atoms with Crippen molar-refractivity contribution in [2.24, 2.45) is 0 Å². The van der Waals surface area contributed by atoms with Crippen LogP contribution >= 0.6 is 0 Å². The third-order valence-corrected chi connectivity index (χ3v) is 3.58. The Hall–Kier alpha value is -1.18. The standard InChI is InChI=1S/C14H20O6/c1-7-3-4-9(5-8(7)2)19-14-13(18)12(17)11(16)10(6-15)20-14/h3-5,10-18H,6H2,1-2H3/t10-,11-,12+,13+,14-/m0/s1. The first-order valence-corrected chi connectivity index (χ1v) is 6.48. The maximum atomic E-state index is 9.86. The minimum Gasteiger partial charge on any atom is -0.462 e. The van der Waals surface area contributed by atoms with Gasteiger partial charge in [-0.05, 0) is 37.1 Å². The number of hydrogen-bond donors (Lipinski definition) is 4. The van der Waals surface area contributed by atoms with E-state index >= 15 is 0 Å². The van der Waals surface area contributed by atoms with Crippen LogP contribution in [0.25, 0.3) is 0 Å². The molecule has 1 aromatic carbocycles. The van der Waals surface area contributed by atoms with Gasteiger partial charge in [-0.25, -0.2) is 0 Å². The second-order valence-corrected chi connectivity index (χ2v) is 5.06. The summed E-state index contributed by atoms with van der Waals surface area (Å²) in [5, 5.41) is 38.3. The molecule has 6 nitrogen and oxygen atoms in total. The first kappa shape index (κ1) is 15.2. The van der Waals surface area contributed by atoms with Crippen molar-refractivity contribution in [2.75, 3.05) is 6.61 Å². The first-order valence-electron chi connectivity index (χ1n) is 6.48. The molecule has 0 saturated carbocycles. The molecule has 2 rings (SSSR count). The monoisotopic (exact) mass is 284 g/mol. The molecule has 1 heterocycles. The van der Waals surface area contributed by atoms with Gasteiger partial charge in [-0.1, -0.05) is 6.07 Å². The predicted molar refractivity (Wildman–Crippen MR) is 70.3 cm³/mol. The summed E-state index contributed by atoms with van der Waals surface area (Å²) in [6.07, 6.45) is -6.32. The van der Waals surface area contributed by atoms with Gasteiger partial charge in [0.1, 0.15) is 30.2 Å². The average molecular weight is 284 g/mol. The Balaban J connectivity index is 2.13. The maximum absolute atomic E-state index is 9.86. The number of ether oxygens (including phenoxy) is 2. The van der Waals surface area contributed by atoms with Crippen LogP contribution in [0.2, 0.25) is 0 Å². The molecule has 0 aliphatic carbocycles. The quantitative estimate of drug-likeness (QED) is 0.596. The first-order chi connectivity index (χ1) is 9.43. The zero-order valence-corrected chi connectivity index (χ0v) is 11.4. The summed E-state index contributed by atoms with van der Waals surface area (Å²) >= 11 is 0. The average Bonchev–Trinajstić information content (AvgIpc) is 2.43. The molecule has 112 valence electrons. The SMILES string of the molecule is Cc1ccc(O[C@H]2O[C@@H](CO)[C@H](O)[C@@H](O)[C@H]2O)cc1C. The highest BCUT2D eigenvalue weighted by atomic mass is 16.7. The fraction of sp³-hybridized carbons (Fsp3) is 0.571. The van der Waals surface area contributed by atoms with Crippen LogP contribution in [-0.4, -0.2) is 57.7 Å². The van der Waals surface area contributed by atoms with Crippen molar-refractivity contribution in [3.05, 3.63) is 29.3 Å². The van der Waals surface area contributed by atoms with E-state index in [1.54, 1.807) is 12.1 Å². The molecule has 0 unspecified atom stereocenters. The van der Waals surface area contributed by atoms with Gasteiger partial charge in [-0.15, -0.1) is 0 Å². The van der Waals surface area contributed by atoms with Crippen molar-refractivity contribution < 1.29 is 29.9 Å². The molecule has 0 bridgehead atoms. The van der Waals surface area contributed by atoms with Crippen LogP contribution in [-0.2, 0) is 4.74 Å². The molecule has 4 N–H and O–H groups in total. The molecule has 6 heteroatoms. The van der Waals surface area contributed by atoms with Gasteiger partial charge in [-0.2, -0.15) is 0 Å². The Bertz CT molecular complexity index is 461. The Morgan fingerprint density at radius 2 is 1.75 bits per heavy atom. The van der Waals surface area contributed by atoms with E-state index in [0.29, 0.717) is 5.75 Å². The van der Waals surface area contributed by atoms with E-state index in [1.165, 1.54) is 0 Å². The van der Waals surface area contributed by atoms with E-state index in [1.807, 2.05) is 19.9 Å². The third kappa shape index (κ3) is 2.94. The number of aliphatic hydroxyl groups is 4. The van der Waals surface area contributed by atoms with Crippen LogP contribution in [0.5, 0.6) is 5.75 Å². The van der Waals surface area contributed by atoms with Crippen LogP contribution < -0.4 is 4.74 Å². The molecule has 1 saturated heterocycles. The van der Waals surface area contributed by atoms with Crippen LogP contribution in [0.3, 0.4) is 0 Å². The Kier molecular flexibility index (Phi) is 4.62. The van der Waals surface area contributed by atoms with Crippen molar-refractivity contribution in [3.8, 4) is 5.75 Å². The zero-order chi connectivity index (χ0) is 14.9. The van der Waals surface area contributed by atoms with Gasteiger partial charge in [-0.3, -0.25) is 0 Å². The predicted octanol–water partition coefficient (Wildman–Crippen LogP) is -0.518. The van der Waals surface area contributed by atoms with Crippen LogP contribution in [0, 0.1) is 13.8 Å². The third-order valence-electron chi connectivity index (χ3n) is 3.58. The number of aliphatic hydroxyl groups excluding tert-OH is 4. The second kappa shape index (κ2) is 6.07.